The van der Waals surface area contributed by atoms with Gasteiger partial charge in [0.1, 0.15) is 17.7 Å². The highest BCUT2D eigenvalue weighted by molar-refractivity contribution is 8.00. The highest BCUT2D eigenvalue weighted by Crippen LogP contribution is 2.43. The van der Waals surface area contributed by atoms with Gasteiger partial charge in [-0.05, 0) is 17.8 Å². The average Bonchev–Trinajstić information content (AvgIpc) is 2.55. The molecular formula is C14H16F3N3O3S. The molecule has 0 aliphatic heterocycles. The van der Waals surface area contributed by atoms with Crippen molar-refractivity contribution in [3.8, 4) is 17.2 Å². The quantitative estimate of drug-likeness (QED) is 0.757. The maximum absolute atomic E-state index is 12.2. The van der Waals surface area contributed by atoms with E-state index in [-0.39, 0.29) is 24.1 Å². The van der Waals surface area contributed by atoms with Crippen LogP contribution < -0.4 is 19.5 Å². The molecule has 0 aliphatic carbocycles. The number of rotatable bonds is 7. The molecule has 0 spiro atoms. The van der Waals surface area contributed by atoms with Crippen molar-refractivity contribution in [1.29, 1.82) is 0 Å². The first-order chi connectivity index (χ1) is 11.4. The number of anilines is 1. The minimum absolute atomic E-state index is 0.0902. The van der Waals surface area contributed by atoms with Gasteiger partial charge >= 0.3 is 5.51 Å². The van der Waals surface area contributed by atoms with Gasteiger partial charge in [-0.3, -0.25) is 0 Å². The van der Waals surface area contributed by atoms with Crippen molar-refractivity contribution in [3.63, 3.8) is 0 Å². The number of alkyl halides is 3. The van der Waals surface area contributed by atoms with E-state index in [1.807, 2.05) is 0 Å². The monoisotopic (exact) mass is 363 g/mol. The fourth-order valence-corrected chi connectivity index (χ4v) is 2.58. The minimum Gasteiger partial charge on any atom is -0.493 e. The Morgan fingerprint density at radius 3 is 2.38 bits per heavy atom. The lowest BCUT2D eigenvalue weighted by Crippen LogP contribution is -2.11. The Kier molecular flexibility index (Phi) is 5.81. The molecule has 0 aliphatic rings. The highest BCUT2D eigenvalue weighted by Gasteiger charge is 2.27. The molecule has 0 bridgehead atoms. The topological polar surface area (TPSA) is 65.5 Å². The standard InChI is InChI=1S/C14H16F3N3O3S/c1-21-9-6-8-10(12(23-3)11(9)22-2)19-7-20-13(8)18-4-5-24-14(15,16)17/h6-7H,4-5H2,1-3H3,(H,18,19,20). The molecule has 6 nitrogen and oxygen atoms in total. The Bertz CT molecular complexity index is 713. The summed E-state index contributed by atoms with van der Waals surface area (Å²) in [4.78, 5) is 8.25. The van der Waals surface area contributed by atoms with Crippen LogP contribution in [0.1, 0.15) is 0 Å². The smallest absolute Gasteiger partial charge is 0.441 e. The molecule has 0 amide bonds. The minimum atomic E-state index is -4.25. The number of halogens is 3. The van der Waals surface area contributed by atoms with Gasteiger partial charge in [-0.2, -0.15) is 13.2 Å². The molecule has 0 saturated carbocycles. The first-order valence-corrected chi connectivity index (χ1v) is 7.78. The SMILES string of the molecule is COc1cc2c(NCCSC(F)(F)F)ncnc2c(OC)c1OC. The fourth-order valence-electron chi connectivity index (χ4n) is 2.14. The number of aromatic nitrogens is 2. The van der Waals surface area contributed by atoms with Gasteiger partial charge in [0.2, 0.25) is 5.75 Å². The van der Waals surface area contributed by atoms with Crippen molar-refractivity contribution in [2.45, 2.75) is 5.51 Å². The number of benzene rings is 1. The van der Waals surface area contributed by atoms with Crippen LogP contribution >= 0.6 is 11.8 Å². The Morgan fingerprint density at radius 2 is 1.79 bits per heavy atom. The average molecular weight is 363 g/mol. The van der Waals surface area contributed by atoms with Crippen LogP contribution in [0.5, 0.6) is 17.2 Å². The largest absolute Gasteiger partial charge is 0.493 e. The van der Waals surface area contributed by atoms with E-state index in [4.69, 9.17) is 14.2 Å². The summed E-state index contributed by atoms with van der Waals surface area (Å²) in [5.74, 6) is 1.40. The predicted molar refractivity (Wildman–Crippen MR) is 86.2 cm³/mol. The van der Waals surface area contributed by atoms with Crippen LogP contribution in [-0.4, -0.2) is 49.1 Å². The lowest BCUT2D eigenvalue weighted by atomic mass is 10.2. The van der Waals surface area contributed by atoms with Crippen LogP contribution in [-0.2, 0) is 0 Å². The fraction of sp³-hybridized carbons (Fsp3) is 0.429. The molecule has 0 atom stereocenters. The molecule has 2 rings (SSSR count). The van der Waals surface area contributed by atoms with Crippen LogP contribution in [0.25, 0.3) is 10.9 Å². The van der Waals surface area contributed by atoms with E-state index in [1.165, 1.54) is 27.7 Å². The second kappa shape index (κ2) is 7.65. The molecule has 10 heteroatoms. The van der Waals surface area contributed by atoms with Crippen LogP contribution in [0, 0.1) is 0 Å². The first kappa shape index (κ1) is 18.2. The lowest BCUT2D eigenvalue weighted by Gasteiger charge is -2.16. The molecule has 2 aromatic rings. The molecule has 0 fully saturated rings. The van der Waals surface area contributed by atoms with Crippen LogP contribution in [0.15, 0.2) is 12.4 Å². The third-order valence-corrected chi connectivity index (χ3v) is 3.83. The van der Waals surface area contributed by atoms with Crippen LogP contribution in [0.3, 0.4) is 0 Å². The molecule has 1 aromatic heterocycles. The molecule has 0 saturated heterocycles. The lowest BCUT2D eigenvalue weighted by molar-refractivity contribution is -0.0327. The van der Waals surface area contributed by atoms with Crippen molar-refractivity contribution in [2.24, 2.45) is 0 Å². The summed E-state index contributed by atoms with van der Waals surface area (Å²) in [6, 6.07) is 1.65. The Labute approximate surface area is 140 Å². The third kappa shape index (κ3) is 4.05. The zero-order chi connectivity index (χ0) is 17.7. The van der Waals surface area contributed by atoms with Gasteiger partial charge in [0, 0.05) is 12.3 Å². The van der Waals surface area contributed by atoms with Crippen LogP contribution in [0.2, 0.25) is 0 Å². The zero-order valence-corrected chi connectivity index (χ0v) is 14.0. The number of hydrogen-bond donors (Lipinski definition) is 1. The Hall–Kier alpha value is -2.10. The van der Waals surface area contributed by atoms with Crippen molar-refractivity contribution < 1.29 is 27.4 Å². The van der Waals surface area contributed by atoms with Gasteiger partial charge in [0.15, 0.2) is 11.5 Å². The molecule has 0 unspecified atom stereocenters. The third-order valence-electron chi connectivity index (χ3n) is 3.09. The Balaban J connectivity index is 2.35. The van der Waals surface area contributed by atoms with Gasteiger partial charge in [0.05, 0.1) is 26.7 Å². The number of nitrogens with one attached hydrogen (secondary N) is 1. The number of fused-ring (bicyclic) bond motifs is 1. The molecular weight excluding hydrogens is 347 g/mol. The highest BCUT2D eigenvalue weighted by atomic mass is 32.2. The van der Waals surface area contributed by atoms with Crippen LogP contribution in [0.4, 0.5) is 19.0 Å². The van der Waals surface area contributed by atoms with Gasteiger partial charge in [-0.1, -0.05) is 0 Å². The van der Waals surface area contributed by atoms with E-state index < -0.39 is 5.51 Å². The normalized spacial score (nSPS) is 11.4. The van der Waals surface area contributed by atoms with Gasteiger partial charge in [-0.25, -0.2) is 9.97 Å². The number of nitrogens with zero attached hydrogens (tertiary/aromatic N) is 2. The van der Waals surface area contributed by atoms with E-state index >= 15 is 0 Å². The summed E-state index contributed by atoms with van der Waals surface area (Å²) in [6.45, 7) is 0.0902. The van der Waals surface area contributed by atoms with E-state index in [0.717, 1.165) is 0 Å². The predicted octanol–water partition coefficient (Wildman–Crippen LogP) is 3.32. The molecule has 1 aromatic carbocycles. The van der Waals surface area contributed by atoms with Gasteiger partial charge in [0.25, 0.3) is 0 Å². The molecule has 0 radical (unpaired) electrons. The second-order valence-electron chi connectivity index (χ2n) is 4.48. The summed E-state index contributed by atoms with van der Waals surface area (Å²) in [7, 11) is 4.41. The summed E-state index contributed by atoms with van der Waals surface area (Å²) in [5.41, 5.74) is -3.79. The van der Waals surface area contributed by atoms with E-state index in [9.17, 15) is 13.2 Å². The maximum Gasteiger partial charge on any atom is 0.441 e. The van der Waals surface area contributed by atoms with Gasteiger partial charge in [-0.15, -0.1) is 0 Å². The molecule has 1 N–H and O–H groups in total. The van der Waals surface area contributed by atoms with Gasteiger partial charge < -0.3 is 19.5 Å². The molecule has 132 valence electrons. The Morgan fingerprint density at radius 1 is 1.08 bits per heavy atom. The van der Waals surface area contributed by atoms with Crippen molar-refractivity contribution >= 4 is 28.5 Å². The summed E-state index contributed by atoms with van der Waals surface area (Å²) in [5, 5.41) is 3.44. The number of hydrogen-bond acceptors (Lipinski definition) is 7. The first-order valence-electron chi connectivity index (χ1n) is 6.79. The van der Waals surface area contributed by atoms with Crippen molar-refractivity contribution in [2.75, 3.05) is 38.9 Å². The van der Waals surface area contributed by atoms with Crippen molar-refractivity contribution in [3.05, 3.63) is 12.4 Å². The van der Waals surface area contributed by atoms with E-state index in [1.54, 1.807) is 6.07 Å². The number of thioether (sulfide) groups is 1. The molecule has 24 heavy (non-hydrogen) atoms. The summed E-state index contributed by atoms with van der Waals surface area (Å²) >= 11 is -0.0957. The maximum atomic E-state index is 12.2. The van der Waals surface area contributed by atoms with E-state index in [2.05, 4.69) is 15.3 Å². The summed E-state index contributed by atoms with van der Waals surface area (Å²) in [6.07, 6.45) is 1.30. The van der Waals surface area contributed by atoms with Crippen molar-refractivity contribution in [1.82, 2.24) is 9.97 Å². The zero-order valence-electron chi connectivity index (χ0n) is 13.2. The molecule has 1 heterocycles. The van der Waals surface area contributed by atoms with E-state index in [0.29, 0.717) is 34.0 Å². The second-order valence-corrected chi connectivity index (χ2v) is 5.64. The number of ether oxygens (including phenoxy) is 3. The number of methoxy groups -OCH3 is 3. The summed E-state index contributed by atoms with van der Waals surface area (Å²) < 4.78 is 52.4.